The predicted molar refractivity (Wildman–Crippen MR) is 119 cm³/mol. The van der Waals surface area contributed by atoms with Crippen molar-refractivity contribution in [2.45, 2.75) is 23.0 Å². The molecule has 0 fully saturated rings. The lowest BCUT2D eigenvalue weighted by atomic mass is 10.2. The van der Waals surface area contributed by atoms with Gasteiger partial charge in [0.05, 0.1) is 14.2 Å². The standard InChI is InChI=1S/C22H21N5O4S/c1-30-17-10-6-7-15(21(17)31-2)13-23-19(28)14-26-22(29)27-18(24-26)11-12-20(25-27)32-16-8-4-3-5-9-16/h3-12H,13-14H2,1-2H3,(H,23,28). The van der Waals surface area contributed by atoms with Crippen LogP contribution in [0.3, 0.4) is 0 Å². The van der Waals surface area contributed by atoms with Gasteiger partial charge in [-0.25, -0.2) is 9.48 Å². The maximum absolute atomic E-state index is 12.7. The smallest absolute Gasteiger partial charge is 0.367 e. The number of nitrogens with one attached hydrogen (secondary N) is 1. The van der Waals surface area contributed by atoms with Gasteiger partial charge in [-0.15, -0.1) is 5.10 Å². The summed E-state index contributed by atoms with van der Waals surface area (Å²) in [5, 5.41) is 12.0. The Morgan fingerprint density at radius 2 is 1.81 bits per heavy atom. The van der Waals surface area contributed by atoms with Crippen LogP contribution < -0.4 is 20.5 Å². The third-order valence-electron chi connectivity index (χ3n) is 4.64. The lowest BCUT2D eigenvalue weighted by Gasteiger charge is -2.13. The molecule has 1 amide bonds. The van der Waals surface area contributed by atoms with Gasteiger partial charge in [0, 0.05) is 17.0 Å². The predicted octanol–water partition coefficient (Wildman–Crippen LogP) is 2.38. The number of nitrogens with zero attached hydrogens (tertiary/aromatic N) is 4. The lowest BCUT2D eigenvalue weighted by Crippen LogP contribution is -2.32. The molecule has 0 saturated heterocycles. The van der Waals surface area contributed by atoms with Crippen molar-refractivity contribution in [3.05, 3.63) is 76.7 Å². The summed E-state index contributed by atoms with van der Waals surface area (Å²) in [7, 11) is 3.09. The lowest BCUT2D eigenvalue weighted by molar-refractivity contribution is -0.122. The normalized spacial score (nSPS) is 10.8. The van der Waals surface area contributed by atoms with E-state index in [1.807, 2.05) is 42.5 Å². The molecule has 0 atom stereocenters. The Morgan fingerprint density at radius 1 is 1.00 bits per heavy atom. The van der Waals surface area contributed by atoms with Gasteiger partial charge in [0.1, 0.15) is 11.6 Å². The zero-order chi connectivity index (χ0) is 22.5. The van der Waals surface area contributed by atoms with E-state index < -0.39 is 5.69 Å². The third kappa shape index (κ3) is 4.59. The molecule has 0 spiro atoms. The van der Waals surface area contributed by atoms with E-state index >= 15 is 0 Å². The number of carbonyl (C=O) groups excluding carboxylic acids is 1. The second kappa shape index (κ2) is 9.56. The van der Waals surface area contributed by atoms with E-state index in [1.165, 1.54) is 23.4 Å². The average molecular weight is 452 g/mol. The van der Waals surface area contributed by atoms with Crippen LogP contribution >= 0.6 is 11.8 Å². The first-order chi connectivity index (χ1) is 15.6. The van der Waals surface area contributed by atoms with Crippen LogP contribution in [-0.2, 0) is 17.9 Å². The zero-order valence-corrected chi connectivity index (χ0v) is 18.3. The van der Waals surface area contributed by atoms with Gasteiger partial charge in [-0.1, -0.05) is 42.1 Å². The Kier molecular flexibility index (Phi) is 6.41. The highest BCUT2D eigenvalue weighted by atomic mass is 32.2. The van der Waals surface area contributed by atoms with Crippen LogP contribution in [0.15, 0.2) is 75.4 Å². The van der Waals surface area contributed by atoms with Gasteiger partial charge >= 0.3 is 5.69 Å². The number of aromatic nitrogens is 4. The molecule has 9 nitrogen and oxygen atoms in total. The van der Waals surface area contributed by atoms with Gasteiger partial charge in [-0.05, 0) is 30.3 Å². The number of amides is 1. The van der Waals surface area contributed by atoms with Gasteiger partial charge in [-0.2, -0.15) is 9.61 Å². The number of fused-ring (bicyclic) bond motifs is 1. The molecule has 4 rings (SSSR count). The minimum atomic E-state index is -0.482. The van der Waals surface area contributed by atoms with Crippen LogP contribution in [0.2, 0.25) is 0 Å². The average Bonchev–Trinajstić information content (AvgIpc) is 3.12. The van der Waals surface area contributed by atoms with Gasteiger partial charge in [0.15, 0.2) is 17.1 Å². The first-order valence-electron chi connectivity index (χ1n) is 9.75. The maximum atomic E-state index is 12.7. The largest absolute Gasteiger partial charge is 0.493 e. The number of ether oxygens (including phenoxy) is 2. The van der Waals surface area contributed by atoms with E-state index in [1.54, 1.807) is 25.3 Å². The molecule has 0 saturated carbocycles. The van der Waals surface area contributed by atoms with E-state index in [4.69, 9.17) is 9.47 Å². The number of para-hydroxylation sites is 1. The van der Waals surface area contributed by atoms with Crippen LogP contribution in [0.5, 0.6) is 11.5 Å². The molecule has 0 aliphatic rings. The third-order valence-corrected chi connectivity index (χ3v) is 5.57. The molecular weight excluding hydrogens is 430 g/mol. The summed E-state index contributed by atoms with van der Waals surface area (Å²) in [4.78, 5) is 26.2. The minimum absolute atomic E-state index is 0.220. The second-order valence-corrected chi connectivity index (χ2v) is 7.82. The molecule has 2 aromatic carbocycles. The summed E-state index contributed by atoms with van der Waals surface area (Å²) in [5.41, 5.74) is 0.645. The van der Waals surface area contributed by atoms with Gasteiger partial charge in [-0.3, -0.25) is 4.79 Å². The molecule has 32 heavy (non-hydrogen) atoms. The molecule has 0 unspecified atom stereocenters. The Balaban J connectivity index is 1.47. The van der Waals surface area contributed by atoms with Crippen molar-refractivity contribution in [1.29, 1.82) is 0 Å². The van der Waals surface area contributed by atoms with Crippen molar-refractivity contribution in [2.24, 2.45) is 0 Å². The summed E-state index contributed by atoms with van der Waals surface area (Å²) in [6.07, 6.45) is 0. The molecule has 0 aliphatic carbocycles. The Bertz CT molecular complexity index is 1300. The molecule has 1 N–H and O–H groups in total. The molecule has 2 heterocycles. The molecule has 164 valence electrons. The van der Waals surface area contributed by atoms with Crippen LogP contribution in [0.1, 0.15) is 5.56 Å². The van der Waals surface area contributed by atoms with Gasteiger partial charge in [0.25, 0.3) is 0 Å². The Hall–Kier alpha value is -3.79. The van der Waals surface area contributed by atoms with E-state index in [9.17, 15) is 9.59 Å². The first kappa shape index (κ1) is 21.4. The number of carbonyl (C=O) groups is 1. The summed E-state index contributed by atoms with van der Waals surface area (Å²) < 4.78 is 12.9. The fraction of sp³-hybridized carbons (Fsp3) is 0.182. The molecular formula is C22H21N5O4S. The highest BCUT2D eigenvalue weighted by molar-refractivity contribution is 7.99. The van der Waals surface area contributed by atoms with Crippen molar-refractivity contribution >= 4 is 23.3 Å². The highest BCUT2D eigenvalue weighted by Gasteiger charge is 2.14. The molecule has 0 bridgehead atoms. The fourth-order valence-corrected chi connectivity index (χ4v) is 3.93. The maximum Gasteiger partial charge on any atom is 0.367 e. The minimum Gasteiger partial charge on any atom is -0.493 e. The van der Waals surface area contributed by atoms with E-state index in [-0.39, 0.29) is 19.0 Å². The second-order valence-electron chi connectivity index (χ2n) is 6.73. The van der Waals surface area contributed by atoms with Crippen LogP contribution in [0.25, 0.3) is 5.65 Å². The van der Waals surface area contributed by atoms with Crippen LogP contribution in [0, 0.1) is 0 Å². The van der Waals surface area contributed by atoms with Crippen molar-refractivity contribution in [3.63, 3.8) is 0 Å². The number of methoxy groups -OCH3 is 2. The monoisotopic (exact) mass is 451 g/mol. The van der Waals surface area contributed by atoms with Gasteiger partial charge < -0.3 is 14.8 Å². The summed E-state index contributed by atoms with van der Waals surface area (Å²) in [6, 6.07) is 18.6. The van der Waals surface area contributed by atoms with E-state index in [2.05, 4.69) is 15.5 Å². The van der Waals surface area contributed by atoms with Crippen LogP contribution in [0.4, 0.5) is 0 Å². The summed E-state index contributed by atoms with van der Waals surface area (Å²) in [6.45, 7) is -0.00686. The number of rotatable bonds is 8. The molecule has 4 aromatic rings. The van der Waals surface area contributed by atoms with Crippen molar-refractivity contribution < 1.29 is 14.3 Å². The van der Waals surface area contributed by atoms with Crippen molar-refractivity contribution in [2.75, 3.05) is 14.2 Å². The zero-order valence-electron chi connectivity index (χ0n) is 17.5. The highest BCUT2D eigenvalue weighted by Crippen LogP contribution is 2.30. The fourth-order valence-electron chi connectivity index (χ4n) is 3.14. The van der Waals surface area contributed by atoms with Gasteiger partial charge in [0.2, 0.25) is 5.91 Å². The number of benzene rings is 2. The number of hydrogen-bond donors (Lipinski definition) is 1. The van der Waals surface area contributed by atoms with E-state index in [0.29, 0.717) is 22.2 Å². The summed E-state index contributed by atoms with van der Waals surface area (Å²) >= 11 is 1.44. The molecule has 0 radical (unpaired) electrons. The van der Waals surface area contributed by atoms with E-state index in [0.717, 1.165) is 15.1 Å². The van der Waals surface area contributed by atoms with Crippen molar-refractivity contribution in [3.8, 4) is 11.5 Å². The first-order valence-corrected chi connectivity index (χ1v) is 10.6. The SMILES string of the molecule is COc1cccc(CNC(=O)Cn2nc3ccc(Sc4ccccc4)nn3c2=O)c1OC. The van der Waals surface area contributed by atoms with Crippen LogP contribution in [-0.4, -0.2) is 39.5 Å². The van der Waals surface area contributed by atoms with Crippen molar-refractivity contribution in [1.82, 2.24) is 24.7 Å². The molecule has 2 aromatic heterocycles. The molecule has 10 heteroatoms. The molecule has 0 aliphatic heterocycles. The topological polar surface area (TPSA) is 99.7 Å². The Labute approximate surface area is 188 Å². The number of hydrogen-bond acceptors (Lipinski definition) is 7. The Morgan fingerprint density at radius 3 is 2.56 bits per heavy atom. The summed E-state index contributed by atoms with van der Waals surface area (Å²) in [5.74, 6) is 0.762. The quantitative estimate of drug-likeness (QED) is 0.439.